The second kappa shape index (κ2) is 12.7. The SMILES string of the molecule is CCCCCCCN(C(Nc1ccc(OC)cc1OC)=C1C(=O)COC1=O)c1ccc(C(C)(C)C)cc1. The third-order valence-corrected chi connectivity index (χ3v) is 6.52. The van der Waals surface area contributed by atoms with E-state index in [9.17, 15) is 9.59 Å². The van der Waals surface area contributed by atoms with Crippen LogP contribution in [-0.4, -0.2) is 39.1 Å². The fourth-order valence-corrected chi connectivity index (χ4v) is 4.30. The summed E-state index contributed by atoms with van der Waals surface area (Å²) in [6.45, 7) is 9.08. The Labute approximate surface area is 220 Å². The molecular formula is C30H40N2O5. The maximum absolute atomic E-state index is 12.9. The zero-order valence-corrected chi connectivity index (χ0v) is 23.0. The van der Waals surface area contributed by atoms with Gasteiger partial charge in [0.2, 0.25) is 5.78 Å². The Kier molecular flexibility index (Phi) is 9.61. The first-order chi connectivity index (χ1) is 17.7. The van der Waals surface area contributed by atoms with Crippen LogP contribution in [0.4, 0.5) is 11.4 Å². The highest BCUT2D eigenvalue weighted by Crippen LogP contribution is 2.34. The van der Waals surface area contributed by atoms with Crippen molar-refractivity contribution in [2.24, 2.45) is 0 Å². The minimum absolute atomic E-state index is 0.00470. The molecule has 0 atom stereocenters. The number of Topliss-reactive ketones (excluding diaryl/α,β-unsaturated/α-hetero) is 1. The molecule has 1 fully saturated rings. The molecule has 1 N–H and O–H groups in total. The van der Waals surface area contributed by atoms with Crippen molar-refractivity contribution in [2.45, 2.75) is 65.2 Å². The van der Waals surface area contributed by atoms with Crippen LogP contribution in [0.25, 0.3) is 0 Å². The molecule has 7 nitrogen and oxygen atoms in total. The molecule has 1 aliphatic heterocycles. The summed E-state index contributed by atoms with van der Waals surface area (Å²) in [6, 6.07) is 13.7. The lowest BCUT2D eigenvalue weighted by Gasteiger charge is -2.30. The number of carbonyl (C=O) groups excluding carboxylic acids is 2. The van der Waals surface area contributed by atoms with Gasteiger partial charge < -0.3 is 24.4 Å². The molecule has 37 heavy (non-hydrogen) atoms. The molecule has 0 unspecified atom stereocenters. The van der Waals surface area contributed by atoms with E-state index in [1.54, 1.807) is 26.4 Å². The zero-order chi connectivity index (χ0) is 27.0. The summed E-state index contributed by atoms with van der Waals surface area (Å²) < 4.78 is 16.0. The van der Waals surface area contributed by atoms with Gasteiger partial charge in [-0.05, 0) is 41.7 Å². The highest BCUT2D eigenvalue weighted by atomic mass is 16.5. The molecule has 2 aromatic carbocycles. The molecule has 3 rings (SSSR count). The van der Waals surface area contributed by atoms with Gasteiger partial charge in [0.25, 0.3) is 0 Å². The Hall–Kier alpha value is -3.48. The molecule has 7 heteroatoms. The van der Waals surface area contributed by atoms with Crippen molar-refractivity contribution in [3.05, 3.63) is 59.4 Å². The van der Waals surface area contributed by atoms with E-state index in [1.165, 1.54) is 12.0 Å². The molecule has 2 aromatic rings. The Balaban J connectivity index is 2.09. The molecule has 1 saturated heterocycles. The van der Waals surface area contributed by atoms with Crippen molar-refractivity contribution in [1.82, 2.24) is 0 Å². The van der Waals surface area contributed by atoms with E-state index in [-0.39, 0.29) is 23.4 Å². The van der Waals surface area contributed by atoms with E-state index in [4.69, 9.17) is 14.2 Å². The molecule has 1 heterocycles. The Morgan fingerprint density at radius 2 is 1.68 bits per heavy atom. The number of esters is 1. The fourth-order valence-electron chi connectivity index (χ4n) is 4.30. The largest absolute Gasteiger partial charge is 0.497 e. The van der Waals surface area contributed by atoms with Crippen molar-refractivity contribution in [3.8, 4) is 11.5 Å². The molecule has 0 aromatic heterocycles. The van der Waals surface area contributed by atoms with Crippen LogP contribution in [0.1, 0.15) is 65.4 Å². The molecule has 0 amide bonds. The predicted octanol–water partition coefficient (Wildman–Crippen LogP) is 6.23. The minimum atomic E-state index is -0.623. The van der Waals surface area contributed by atoms with Crippen LogP contribution in [0.2, 0.25) is 0 Å². The van der Waals surface area contributed by atoms with Gasteiger partial charge in [0.05, 0.1) is 19.9 Å². The van der Waals surface area contributed by atoms with Crippen molar-refractivity contribution in [2.75, 3.05) is 37.6 Å². The van der Waals surface area contributed by atoms with Gasteiger partial charge in [-0.3, -0.25) is 4.79 Å². The number of hydrogen-bond acceptors (Lipinski definition) is 7. The van der Waals surface area contributed by atoms with E-state index in [2.05, 4.69) is 45.1 Å². The molecule has 0 spiro atoms. The molecule has 1 aliphatic rings. The number of benzene rings is 2. The van der Waals surface area contributed by atoms with Crippen molar-refractivity contribution < 1.29 is 23.8 Å². The van der Waals surface area contributed by atoms with E-state index in [0.717, 1.165) is 31.4 Å². The lowest BCUT2D eigenvalue weighted by Crippen LogP contribution is -2.32. The lowest BCUT2D eigenvalue weighted by molar-refractivity contribution is -0.135. The average Bonchev–Trinajstić information content (AvgIpc) is 3.22. The van der Waals surface area contributed by atoms with Gasteiger partial charge in [-0.25, -0.2) is 4.79 Å². The van der Waals surface area contributed by atoms with Gasteiger partial charge in [-0.2, -0.15) is 0 Å². The number of nitrogens with one attached hydrogen (secondary N) is 1. The van der Waals surface area contributed by atoms with Crippen LogP contribution >= 0.6 is 0 Å². The second-order valence-electron chi connectivity index (χ2n) is 10.3. The monoisotopic (exact) mass is 508 g/mol. The van der Waals surface area contributed by atoms with Gasteiger partial charge >= 0.3 is 5.97 Å². The first-order valence-electron chi connectivity index (χ1n) is 13.0. The fraction of sp³-hybridized carbons (Fsp3) is 0.467. The van der Waals surface area contributed by atoms with E-state index >= 15 is 0 Å². The maximum Gasteiger partial charge on any atom is 0.346 e. The molecule has 0 radical (unpaired) electrons. The van der Waals surface area contributed by atoms with Crippen LogP contribution in [0.3, 0.4) is 0 Å². The zero-order valence-electron chi connectivity index (χ0n) is 23.0. The third-order valence-electron chi connectivity index (χ3n) is 6.52. The molecule has 0 aliphatic carbocycles. The molecular weight excluding hydrogens is 468 g/mol. The Morgan fingerprint density at radius 3 is 2.24 bits per heavy atom. The van der Waals surface area contributed by atoms with Gasteiger partial charge in [0.1, 0.15) is 22.9 Å². The number of unbranched alkanes of at least 4 members (excludes halogenated alkanes) is 4. The first-order valence-corrected chi connectivity index (χ1v) is 13.0. The summed E-state index contributed by atoms with van der Waals surface area (Å²) in [5.41, 5.74) is 2.73. The smallest absolute Gasteiger partial charge is 0.346 e. The highest BCUT2D eigenvalue weighted by molar-refractivity contribution is 6.23. The number of ether oxygens (including phenoxy) is 3. The predicted molar refractivity (Wildman–Crippen MR) is 147 cm³/mol. The Bertz CT molecular complexity index is 1100. The van der Waals surface area contributed by atoms with Crippen LogP contribution in [0.5, 0.6) is 11.5 Å². The summed E-state index contributed by atoms with van der Waals surface area (Å²) in [5, 5.41) is 3.35. The van der Waals surface area contributed by atoms with E-state index in [1.807, 2.05) is 23.1 Å². The van der Waals surface area contributed by atoms with Gasteiger partial charge in [0.15, 0.2) is 6.61 Å². The number of hydrogen-bond donors (Lipinski definition) is 1. The Morgan fingerprint density at radius 1 is 0.973 bits per heavy atom. The van der Waals surface area contributed by atoms with Crippen molar-refractivity contribution in [1.29, 1.82) is 0 Å². The number of carbonyl (C=O) groups is 2. The number of cyclic esters (lactones) is 1. The number of nitrogens with zero attached hydrogens (tertiary/aromatic N) is 1. The topological polar surface area (TPSA) is 77.1 Å². The molecule has 0 bridgehead atoms. The van der Waals surface area contributed by atoms with Crippen LogP contribution in [-0.2, 0) is 19.7 Å². The summed E-state index contributed by atoms with van der Waals surface area (Å²) >= 11 is 0. The summed E-state index contributed by atoms with van der Waals surface area (Å²) in [5.74, 6) is 0.597. The van der Waals surface area contributed by atoms with Crippen molar-refractivity contribution in [3.63, 3.8) is 0 Å². The third kappa shape index (κ3) is 7.06. The van der Waals surface area contributed by atoms with Crippen molar-refractivity contribution >= 4 is 23.1 Å². The maximum atomic E-state index is 12.9. The summed E-state index contributed by atoms with van der Waals surface area (Å²) in [4.78, 5) is 27.7. The first kappa shape index (κ1) is 28.1. The quantitative estimate of drug-likeness (QED) is 0.158. The average molecular weight is 509 g/mol. The number of anilines is 2. The van der Waals surface area contributed by atoms with Crippen LogP contribution < -0.4 is 19.7 Å². The number of rotatable bonds is 12. The highest BCUT2D eigenvalue weighted by Gasteiger charge is 2.35. The van der Waals surface area contributed by atoms with E-state index in [0.29, 0.717) is 29.6 Å². The minimum Gasteiger partial charge on any atom is -0.497 e. The second-order valence-corrected chi connectivity index (χ2v) is 10.3. The molecule has 0 saturated carbocycles. The van der Waals surface area contributed by atoms with Gasteiger partial charge in [-0.1, -0.05) is 65.5 Å². The van der Waals surface area contributed by atoms with E-state index < -0.39 is 5.97 Å². The van der Waals surface area contributed by atoms with Crippen LogP contribution in [0, 0.1) is 0 Å². The van der Waals surface area contributed by atoms with Crippen LogP contribution in [0.15, 0.2) is 53.9 Å². The number of methoxy groups -OCH3 is 2. The van der Waals surface area contributed by atoms with Gasteiger partial charge in [0, 0.05) is 18.3 Å². The normalized spacial score (nSPS) is 14.9. The summed E-state index contributed by atoms with van der Waals surface area (Å²) in [6.07, 6.45) is 5.44. The van der Waals surface area contributed by atoms with Gasteiger partial charge in [-0.15, -0.1) is 0 Å². The molecule has 200 valence electrons. The standard InChI is InChI=1S/C30H40N2O5/c1-7-8-9-10-11-18-32(22-14-12-21(13-15-22)30(2,3)4)28(27-25(33)20-37-29(27)34)31-24-17-16-23(35-5)19-26(24)36-6/h12-17,19,31H,7-11,18,20H2,1-6H3. The number of ketones is 1. The summed E-state index contributed by atoms with van der Waals surface area (Å²) in [7, 11) is 3.16. The lowest BCUT2D eigenvalue weighted by atomic mass is 9.87.